The van der Waals surface area contributed by atoms with E-state index in [1.165, 1.54) is 16.7 Å². The van der Waals surface area contributed by atoms with Crippen LogP contribution in [0.15, 0.2) is 59.1 Å². The molecule has 2 aromatic rings. The molecule has 1 saturated heterocycles. The zero-order valence-corrected chi connectivity index (χ0v) is 16.1. The van der Waals surface area contributed by atoms with Gasteiger partial charge in [0.15, 0.2) is 0 Å². The van der Waals surface area contributed by atoms with Crippen molar-refractivity contribution in [2.45, 2.75) is 18.6 Å². The number of nitriles is 1. The van der Waals surface area contributed by atoms with Gasteiger partial charge in [-0.25, -0.2) is 0 Å². The zero-order chi connectivity index (χ0) is 19.6. The Morgan fingerprint density at radius 1 is 1.30 bits per heavy atom. The highest BCUT2D eigenvalue weighted by Crippen LogP contribution is 2.42. The van der Waals surface area contributed by atoms with Crippen LogP contribution in [-0.4, -0.2) is 17.1 Å². The molecule has 1 atom stereocenters. The molecule has 1 fully saturated rings. The molecule has 27 heavy (non-hydrogen) atoms. The van der Waals surface area contributed by atoms with E-state index in [1.54, 1.807) is 24.3 Å². The van der Waals surface area contributed by atoms with Crippen molar-refractivity contribution in [2.75, 3.05) is 4.90 Å². The number of primary amides is 1. The van der Waals surface area contributed by atoms with Gasteiger partial charge in [-0.1, -0.05) is 53.2 Å². The molecule has 1 heterocycles. The van der Waals surface area contributed by atoms with Crippen LogP contribution < -0.4 is 10.6 Å². The molecule has 0 radical (unpaired) electrons. The molecule has 0 spiro atoms. The van der Waals surface area contributed by atoms with Crippen LogP contribution in [0.5, 0.6) is 0 Å². The van der Waals surface area contributed by atoms with Crippen LogP contribution in [0.1, 0.15) is 11.1 Å². The summed E-state index contributed by atoms with van der Waals surface area (Å²) in [4.78, 5) is 26.2. The summed E-state index contributed by atoms with van der Waals surface area (Å²) in [7, 11) is 0. The van der Waals surface area contributed by atoms with E-state index in [9.17, 15) is 14.9 Å². The van der Waals surface area contributed by atoms with Gasteiger partial charge in [-0.3, -0.25) is 14.5 Å². The Labute approximate surface area is 166 Å². The van der Waals surface area contributed by atoms with Crippen LogP contribution in [-0.2, 0) is 16.0 Å². The molecular formula is C20H16ClN3O2S. The molecule has 0 bridgehead atoms. The first-order chi connectivity index (χ1) is 12.9. The summed E-state index contributed by atoms with van der Waals surface area (Å²) in [6.07, 6.45) is 0.482. The van der Waals surface area contributed by atoms with Gasteiger partial charge >= 0.3 is 0 Å². The minimum absolute atomic E-state index is 0.201. The molecule has 3 rings (SSSR count). The van der Waals surface area contributed by atoms with E-state index in [1.807, 2.05) is 37.3 Å². The Kier molecular flexibility index (Phi) is 5.54. The number of hydrogen-bond acceptors (Lipinski definition) is 4. The molecule has 1 aliphatic rings. The quantitative estimate of drug-likeness (QED) is 0.631. The zero-order valence-electron chi connectivity index (χ0n) is 14.5. The van der Waals surface area contributed by atoms with Crippen molar-refractivity contribution in [2.24, 2.45) is 5.73 Å². The number of halogens is 1. The molecule has 0 aliphatic carbocycles. The number of nitrogens with zero attached hydrogens (tertiary/aromatic N) is 2. The predicted octanol–water partition coefficient (Wildman–Crippen LogP) is 3.56. The first-order valence-corrected chi connectivity index (χ1v) is 9.42. The number of aryl methyl sites for hydroxylation is 1. The smallest absolute Gasteiger partial charge is 0.262 e. The van der Waals surface area contributed by atoms with E-state index in [0.29, 0.717) is 17.1 Å². The lowest BCUT2D eigenvalue weighted by atomic mass is 10.1. The fourth-order valence-electron chi connectivity index (χ4n) is 2.88. The van der Waals surface area contributed by atoms with Gasteiger partial charge in [-0.2, -0.15) is 5.26 Å². The van der Waals surface area contributed by atoms with Crippen LogP contribution in [0.2, 0.25) is 5.02 Å². The van der Waals surface area contributed by atoms with Crippen LogP contribution in [0, 0.1) is 18.3 Å². The number of amides is 2. The third kappa shape index (κ3) is 4.00. The van der Waals surface area contributed by atoms with E-state index >= 15 is 0 Å². The van der Waals surface area contributed by atoms with Gasteiger partial charge < -0.3 is 5.73 Å². The summed E-state index contributed by atoms with van der Waals surface area (Å²) in [5.41, 5.74) is 7.78. The van der Waals surface area contributed by atoms with Gasteiger partial charge in [0.05, 0.1) is 5.25 Å². The number of carbonyl (C=O) groups is 2. The molecular weight excluding hydrogens is 382 g/mol. The molecule has 0 aromatic heterocycles. The van der Waals surface area contributed by atoms with E-state index in [4.69, 9.17) is 17.3 Å². The standard InChI is InChI=1S/C20H16ClN3O2S/c1-12-3-2-4-13(9-12)10-17-19(26)24(15-7-5-14(21)6-8-15)20(27-17)16(11-22)18(23)25/h2-9,17H,10H2,1H3,(H2,23,25)/b20-16+/t17-/m1/s1. The summed E-state index contributed by atoms with van der Waals surface area (Å²) < 4.78 is 0. The Hall–Kier alpha value is -2.75. The van der Waals surface area contributed by atoms with Crippen molar-refractivity contribution in [3.63, 3.8) is 0 Å². The SMILES string of the molecule is Cc1cccc(C[C@H]2S/C(=C(\C#N)C(N)=O)N(c3ccc(Cl)cc3)C2=O)c1. The molecule has 2 amide bonds. The molecule has 136 valence electrons. The Morgan fingerprint density at radius 2 is 2.00 bits per heavy atom. The first-order valence-electron chi connectivity index (χ1n) is 8.16. The second-order valence-corrected chi connectivity index (χ2v) is 7.73. The van der Waals surface area contributed by atoms with Gasteiger partial charge in [-0.15, -0.1) is 0 Å². The maximum Gasteiger partial charge on any atom is 0.262 e. The molecule has 2 N–H and O–H groups in total. The van der Waals surface area contributed by atoms with Gasteiger partial charge in [0.25, 0.3) is 5.91 Å². The molecule has 2 aromatic carbocycles. The molecule has 0 saturated carbocycles. The highest BCUT2D eigenvalue weighted by molar-refractivity contribution is 8.05. The average Bonchev–Trinajstić information content (AvgIpc) is 2.92. The minimum atomic E-state index is -0.858. The van der Waals surface area contributed by atoms with Crippen LogP contribution in [0.3, 0.4) is 0 Å². The summed E-state index contributed by atoms with van der Waals surface area (Å²) >= 11 is 7.12. The van der Waals surface area contributed by atoms with E-state index < -0.39 is 11.2 Å². The van der Waals surface area contributed by atoms with Crippen molar-refractivity contribution in [3.8, 4) is 6.07 Å². The number of anilines is 1. The van der Waals surface area contributed by atoms with Crippen LogP contribution >= 0.6 is 23.4 Å². The maximum absolute atomic E-state index is 13.1. The molecule has 7 heteroatoms. The highest BCUT2D eigenvalue weighted by atomic mass is 35.5. The van der Waals surface area contributed by atoms with E-state index in [2.05, 4.69) is 0 Å². The number of thioether (sulfide) groups is 1. The van der Waals surface area contributed by atoms with Crippen molar-refractivity contribution < 1.29 is 9.59 Å². The monoisotopic (exact) mass is 397 g/mol. The number of carbonyl (C=O) groups excluding carboxylic acids is 2. The highest BCUT2D eigenvalue weighted by Gasteiger charge is 2.40. The number of rotatable bonds is 4. The van der Waals surface area contributed by atoms with Gasteiger partial charge in [0.2, 0.25) is 5.91 Å². The minimum Gasteiger partial charge on any atom is -0.365 e. The normalized spacial score (nSPS) is 18.3. The summed E-state index contributed by atoms with van der Waals surface area (Å²) in [6.45, 7) is 1.99. The maximum atomic E-state index is 13.1. The first kappa shape index (κ1) is 19.0. The Bertz CT molecular complexity index is 979. The van der Waals surface area contributed by atoms with Gasteiger partial charge in [-0.05, 0) is 43.2 Å². The third-order valence-electron chi connectivity index (χ3n) is 4.11. The lowest BCUT2D eigenvalue weighted by Crippen LogP contribution is -2.31. The average molecular weight is 398 g/mol. The lowest BCUT2D eigenvalue weighted by Gasteiger charge is -2.18. The Balaban J connectivity index is 2.03. The predicted molar refractivity (Wildman–Crippen MR) is 107 cm³/mol. The van der Waals surface area contributed by atoms with Crippen molar-refractivity contribution in [3.05, 3.63) is 75.3 Å². The van der Waals surface area contributed by atoms with Crippen LogP contribution in [0.25, 0.3) is 0 Å². The largest absolute Gasteiger partial charge is 0.365 e. The third-order valence-corrected chi connectivity index (χ3v) is 5.63. The lowest BCUT2D eigenvalue weighted by molar-refractivity contribution is -0.117. The van der Waals surface area contributed by atoms with Gasteiger partial charge in [0.1, 0.15) is 16.7 Å². The van der Waals surface area contributed by atoms with Crippen LogP contribution in [0.4, 0.5) is 5.69 Å². The molecule has 5 nitrogen and oxygen atoms in total. The summed E-state index contributed by atoms with van der Waals surface area (Å²) in [5, 5.41) is 9.71. The second kappa shape index (κ2) is 7.87. The van der Waals surface area contributed by atoms with Gasteiger partial charge in [0, 0.05) is 10.7 Å². The Morgan fingerprint density at radius 3 is 2.59 bits per heavy atom. The fourth-order valence-corrected chi connectivity index (χ4v) is 4.32. The number of hydrogen-bond donors (Lipinski definition) is 1. The molecule has 0 unspecified atom stereocenters. The second-order valence-electron chi connectivity index (χ2n) is 6.11. The summed E-state index contributed by atoms with van der Waals surface area (Å²) in [5.74, 6) is -1.06. The fraction of sp³-hybridized carbons (Fsp3) is 0.150. The van der Waals surface area contributed by atoms with E-state index in [0.717, 1.165) is 11.1 Å². The summed E-state index contributed by atoms with van der Waals surface area (Å²) in [6, 6.07) is 16.4. The number of nitrogens with two attached hydrogens (primary N) is 1. The van der Waals surface area contributed by atoms with E-state index in [-0.39, 0.29) is 16.5 Å². The molecule has 1 aliphatic heterocycles. The number of benzene rings is 2. The van der Waals surface area contributed by atoms with Crippen molar-refractivity contribution in [1.29, 1.82) is 5.26 Å². The van der Waals surface area contributed by atoms with Crippen molar-refractivity contribution in [1.82, 2.24) is 0 Å². The van der Waals surface area contributed by atoms with Crippen molar-refractivity contribution >= 4 is 40.9 Å². The topological polar surface area (TPSA) is 87.2 Å².